The molecule has 0 aliphatic heterocycles. The van der Waals surface area contributed by atoms with Crippen LogP contribution in [0, 0.1) is 12.3 Å². The summed E-state index contributed by atoms with van der Waals surface area (Å²) >= 11 is 0. The van der Waals surface area contributed by atoms with Gasteiger partial charge in [0, 0.05) is 13.1 Å². The predicted octanol–water partition coefficient (Wildman–Crippen LogP) is 2.12. The number of fused-ring (bicyclic) bond motifs is 1. The van der Waals surface area contributed by atoms with Gasteiger partial charge in [-0.1, -0.05) is 19.9 Å². The zero-order chi connectivity index (χ0) is 16.3. The molecule has 2 aromatic rings. The zero-order valence-corrected chi connectivity index (χ0v) is 14.2. The van der Waals surface area contributed by atoms with Crippen molar-refractivity contribution in [3.05, 3.63) is 29.6 Å². The molecule has 1 aromatic carbocycles. The van der Waals surface area contributed by atoms with Crippen molar-refractivity contribution in [2.75, 3.05) is 27.2 Å². The number of carbonyl (C=O) groups is 1. The molecular weight excluding hydrogens is 276 g/mol. The average molecular weight is 302 g/mol. The van der Waals surface area contributed by atoms with E-state index >= 15 is 0 Å². The third-order valence-corrected chi connectivity index (χ3v) is 3.54. The number of nitrogens with zero attached hydrogens (tertiary/aromatic N) is 2. The van der Waals surface area contributed by atoms with Gasteiger partial charge < -0.3 is 15.2 Å². The summed E-state index contributed by atoms with van der Waals surface area (Å²) in [5, 5.41) is 3.04. The van der Waals surface area contributed by atoms with E-state index in [1.165, 1.54) is 0 Å². The largest absolute Gasteiger partial charge is 0.355 e. The van der Waals surface area contributed by atoms with Gasteiger partial charge in [0.05, 0.1) is 17.5 Å². The summed E-state index contributed by atoms with van der Waals surface area (Å²) in [5.41, 5.74) is 2.98. The van der Waals surface area contributed by atoms with Crippen molar-refractivity contribution in [2.45, 2.75) is 27.2 Å². The van der Waals surface area contributed by atoms with E-state index in [2.05, 4.69) is 34.0 Å². The Kier molecular flexibility index (Phi) is 4.86. The first-order chi connectivity index (χ1) is 10.2. The van der Waals surface area contributed by atoms with Crippen LogP contribution in [0.2, 0.25) is 0 Å². The number of aryl methyl sites for hydroxylation is 1. The third kappa shape index (κ3) is 4.56. The number of carbonyl (C=O) groups excluding carboxylic acids is 1. The Morgan fingerprint density at radius 3 is 2.77 bits per heavy atom. The Labute approximate surface area is 132 Å². The molecule has 0 fully saturated rings. The lowest BCUT2D eigenvalue weighted by Gasteiger charge is -2.28. The molecule has 5 heteroatoms. The average Bonchev–Trinajstić information content (AvgIpc) is 2.74. The van der Waals surface area contributed by atoms with Gasteiger partial charge in [0.2, 0.25) is 5.91 Å². The molecule has 1 aromatic heterocycles. The van der Waals surface area contributed by atoms with Crippen molar-refractivity contribution < 1.29 is 4.79 Å². The van der Waals surface area contributed by atoms with Crippen LogP contribution < -0.4 is 5.32 Å². The first kappa shape index (κ1) is 16.5. The SMILES string of the molecule is Cc1nc2ccc(CC(=O)NCC(C)(C)CN(C)C)cc2[nH]1. The number of imidazole rings is 1. The van der Waals surface area contributed by atoms with Crippen LogP contribution >= 0.6 is 0 Å². The number of nitrogens with one attached hydrogen (secondary N) is 2. The summed E-state index contributed by atoms with van der Waals surface area (Å²) < 4.78 is 0. The molecule has 0 aliphatic rings. The minimum absolute atomic E-state index is 0.0578. The molecule has 2 N–H and O–H groups in total. The second kappa shape index (κ2) is 6.48. The molecule has 120 valence electrons. The van der Waals surface area contributed by atoms with Crippen molar-refractivity contribution in [3.63, 3.8) is 0 Å². The Balaban J connectivity index is 1.93. The van der Waals surface area contributed by atoms with Crippen LogP contribution in [0.4, 0.5) is 0 Å². The molecule has 0 saturated carbocycles. The minimum Gasteiger partial charge on any atom is -0.355 e. The zero-order valence-electron chi connectivity index (χ0n) is 14.2. The molecule has 0 bridgehead atoms. The van der Waals surface area contributed by atoms with E-state index in [1.54, 1.807) is 0 Å². The van der Waals surface area contributed by atoms with E-state index in [1.807, 2.05) is 39.2 Å². The van der Waals surface area contributed by atoms with Crippen LogP contribution in [0.1, 0.15) is 25.2 Å². The quantitative estimate of drug-likeness (QED) is 0.859. The van der Waals surface area contributed by atoms with E-state index in [0.29, 0.717) is 13.0 Å². The maximum atomic E-state index is 12.1. The molecule has 0 unspecified atom stereocenters. The van der Waals surface area contributed by atoms with Crippen molar-refractivity contribution in [1.82, 2.24) is 20.2 Å². The highest BCUT2D eigenvalue weighted by molar-refractivity contribution is 5.81. The van der Waals surface area contributed by atoms with Crippen LogP contribution in [0.3, 0.4) is 0 Å². The normalized spacial score (nSPS) is 12.1. The number of aromatic nitrogens is 2. The first-order valence-electron chi connectivity index (χ1n) is 7.62. The van der Waals surface area contributed by atoms with Crippen LogP contribution in [0.15, 0.2) is 18.2 Å². The maximum absolute atomic E-state index is 12.1. The van der Waals surface area contributed by atoms with Crippen LogP contribution in [0.5, 0.6) is 0 Å². The second-order valence-corrected chi connectivity index (χ2v) is 7.03. The highest BCUT2D eigenvalue weighted by Gasteiger charge is 2.19. The Morgan fingerprint density at radius 1 is 1.36 bits per heavy atom. The maximum Gasteiger partial charge on any atom is 0.224 e. The lowest BCUT2D eigenvalue weighted by atomic mass is 9.93. The van der Waals surface area contributed by atoms with Gasteiger partial charge in [-0.3, -0.25) is 4.79 Å². The summed E-state index contributed by atoms with van der Waals surface area (Å²) in [7, 11) is 4.09. The molecule has 2 rings (SSSR count). The van der Waals surface area contributed by atoms with Gasteiger partial charge in [0.1, 0.15) is 5.82 Å². The van der Waals surface area contributed by atoms with Gasteiger partial charge in [-0.25, -0.2) is 4.98 Å². The smallest absolute Gasteiger partial charge is 0.224 e. The van der Waals surface area contributed by atoms with Crippen molar-refractivity contribution in [3.8, 4) is 0 Å². The highest BCUT2D eigenvalue weighted by atomic mass is 16.1. The summed E-state index contributed by atoms with van der Waals surface area (Å²) in [6.07, 6.45) is 0.395. The molecular formula is C17H26N4O. The summed E-state index contributed by atoms with van der Waals surface area (Å²) in [5.74, 6) is 0.949. The number of H-pyrrole nitrogens is 1. The van der Waals surface area contributed by atoms with Gasteiger partial charge in [-0.2, -0.15) is 0 Å². The van der Waals surface area contributed by atoms with E-state index < -0.39 is 0 Å². The number of hydrogen-bond acceptors (Lipinski definition) is 3. The number of hydrogen-bond donors (Lipinski definition) is 2. The van der Waals surface area contributed by atoms with Crippen molar-refractivity contribution >= 4 is 16.9 Å². The molecule has 0 atom stereocenters. The van der Waals surface area contributed by atoms with Gasteiger partial charge >= 0.3 is 0 Å². The molecule has 1 heterocycles. The standard InChI is InChI=1S/C17H26N4O/c1-12-19-14-7-6-13(8-15(14)20-12)9-16(22)18-10-17(2,3)11-21(4)5/h6-8H,9-11H2,1-5H3,(H,18,22)(H,19,20). The van der Waals surface area contributed by atoms with Crippen LogP contribution in [0.25, 0.3) is 11.0 Å². The molecule has 1 amide bonds. The molecule has 5 nitrogen and oxygen atoms in total. The molecule has 0 saturated heterocycles. The summed E-state index contributed by atoms with van der Waals surface area (Å²) in [4.78, 5) is 21.8. The first-order valence-corrected chi connectivity index (χ1v) is 7.62. The van der Waals surface area contributed by atoms with Crippen molar-refractivity contribution in [2.24, 2.45) is 5.41 Å². The van der Waals surface area contributed by atoms with Crippen LogP contribution in [-0.2, 0) is 11.2 Å². The topological polar surface area (TPSA) is 61.0 Å². The lowest BCUT2D eigenvalue weighted by molar-refractivity contribution is -0.120. The third-order valence-electron chi connectivity index (χ3n) is 3.54. The Bertz CT molecular complexity index is 658. The van der Waals surface area contributed by atoms with Gasteiger partial charge in [-0.15, -0.1) is 0 Å². The fourth-order valence-corrected chi connectivity index (χ4v) is 2.79. The number of benzene rings is 1. The summed E-state index contributed by atoms with van der Waals surface area (Å²) in [6, 6.07) is 5.92. The molecule has 0 aliphatic carbocycles. The second-order valence-electron chi connectivity index (χ2n) is 7.03. The van der Waals surface area contributed by atoms with Gasteiger partial charge in [0.15, 0.2) is 0 Å². The fourth-order valence-electron chi connectivity index (χ4n) is 2.79. The van der Waals surface area contributed by atoms with Gasteiger partial charge in [-0.05, 0) is 44.1 Å². The fraction of sp³-hybridized carbons (Fsp3) is 0.529. The molecule has 0 spiro atoms. The van der Waals surface area contributed by atoms with Gasteiger partial charge in [0.25, 0.3) is 0 Å². The van der Waals surface area contributed by atoms with Crippen molar-refractivity contribution in [1.29, 1.82) is 0 Å². The molecule has 22 heavy (non-hydrogen) atoms. The monoisotopic (exact) mass is 302 g/mol. The lowest BCUT2D eigenvalue weighted by Crippen LogP contribution is -2.40. The molecule has 0 radical (unpaired) electrons. The predicted molar refractivity (Wildman–Crippen MR) is 89.9 cm³/mol. The number of amides is 1. The van der Waals surface area contributed by atoms with E-state index in [4.69, 9.17) is 0 Å². The highest BCUT2D eigenvalue weighted by Crippen LogP contribution is 2.15. The Morgan fingerprint density at radius 2 is 2.09 bits per heavy atom. The van der Waals surface area contributed by atoms with E-state index in [9.17, 15) is 4.79 Å². The number of aromatic amines is 1. The number of rotatable bonds is 6. The minimum atomic E-state index is 0.0578. The Hall–Kier alpha value is -1.88. The van der Waals surface area contributed by atoms with E-state index in [-0.39, 0.29) is 11.3 Å². The van der Waals surface area contributed by atoms with E-state index in [0.717, 1.165) is 29.0 Å². The van der Waals surface area contributed by atoms with Crippen LogP contribution in [-0.4, -0.2) is 48.0 Å². The summed E-state index contributed by atoms with van der Waals surface area (Å²) in [6.45, 7) is 7.86.